The minimum Gasteiger partial charge on any atom is -0.384 e. The average molecular weight is 246 g/mol. The minimum absolute atomic E-state index is 0.927. The van der Waals surface area contributed by atoms with E-state index in [2.05, 4.69) is 48.3 Å². The van der Waals surface area contributed by atoms with E-state index in [0.29, 0.717) is 0 Å². The molecule has 0 radical (unpaired) electrons. The second-order valence-electron chi connectivity index (χ2n) is 5.50. The standard InChI is InChI=1S/C16H26N2/c1-3-15-4-6-16(7-5-15)17-10-13-18-11-8-14(2)9-12-18/h4-7,14,17H,3,8-13H2,1-2H3. The van der Waals surface area contributed by atoms with Crippen LogP contribution in [0.15, 0.2) is 24.3 Å². The number of hydrogen-bond acceptors (Lipinski definition) is 2. The molecule has 2 rings (SSSR count). The number of aryl methyl sites for hydroxylation is 1. The van der Waals surface area contributed by atoms with E-state index in [4.69, 9.17) is 0 Å². The first-order chi connectivity index (χ1) is 8.78. The molecular formula is C16H26N2. The number of benzene rings is 1. The van der Waals surface area contributed by atoms with E-state index in [1.807, 2.05) is 0 Å². The molecular weight excluding hydrogens is 220 g/mol. The van der Waals surface area contributed by atoms with Crippen LogP contribution in [-0.2, 0) is 6.42 Å². The Kier molecular flexibility index (Phi) is 5.06. The molecule has 1 aliphatic rings. The van der Waals surface area contributed by atoms with Gasteiger partial charge in [-0.05, 0) is 56.0 Å². The molecule has 0 unspecified atom stereocenters. The number of hydrogen-bond donors (Lipinski definition) is 1. The predicted molar refractivity (Wildman–Crippen MR) is 79.1 cm³/mol. The van der Waals surface area contributed by atoms with Gasteiger partial charge in [-0.2, -0.15) is 0 Å². The molecule has 1 fully saturated rings. The lowest BCUT2D eigenvalue weighted by Gasteiger charge is -2.30. The maximum atomic E-state index is 3.51. The van der Waals surface area contributed by atoms with E-state index in [-0.39, 0.29) is 0 Å². The zero-order chi connectivity index (χ0) is 12.8. The van der Waals surface area contributed by atoms with Gasteiger partial charge in [0.25, 0.3) is 0 Å². The Morgan fingerprint density at radius 2 is 1.83 bits per heavy atom. The highest BCUT2D eigenvalue weighted by Gasteiger charge is 2.14. The van der Waals surface area contributed by atoms with Crippen molar-refractivity contribution < 1.29 is 0 Å². The number of nitrogens with one attached hydrogen (secondary N) is 1. The van der Waals surface area contributed by atoms with Gasteiger partial charge < -0.3 is 10.2 Å². The van der Waals surface area contributed by atoms with Gasteiger partial charge in [-0.15, -0.1) is 0 Å². The summed E-state index contributed by atoms with van der Waals surface area (Å²) in [5, 5.41) is 3.51. The van der Waals surface area contributed by atoms with Crippen molar-refractivity contribution in [1.82, 2.24) is 4.90 Å². The average Bonchev–Trinajstić information content (AvgIpc) is 2.42. The molecule has 0 amide bonds. The molecule has 1 aromatic carbocycles. The van der Waals surface area contributed by atoms with Crippen LogP contribution in [0.3, 0.4) is 0 Å². The summed E-state index contributed by atoms with van der Waals surface area (Å²) in [7, 11) is 0. The summed E-state index contributed by atoms with van der Waals surface area (Å²) in [5.41, 5.74) is 2.66. The van der Waals surface area contributed by atoms with Gasteiger partial charge in [0.1, 0.15) is 0 Å². The van der Waals surface area contributed by atoms with Crippen LogP contribution < -0.4 is 5.32 Å². The van der Waals surface area contributed by atoms with Gasteiger partial charge in [-0.25, -0.2) is 0 Å². The molecule has 1 aliphatic heterocycles. The van der Waals surface area contributed by atoms with Gasteiger partial charge in [0, 0.05) is 18.8 Å². The third kappa shape index (κ3) is 4.02. The number of rotatable bonds is 5. The summed E-state index contributed by atoms with van der Waals surface area (Å²) >= 11 is 0. The van der Waals surface area contributed by atoms with E-state index in [1.54, 1.807) is 0 Å². The molecule has 0 saturated carbocycles. The molecule has 0 atom stereocenters. The lowest BCUT2D eigenvalue weighted by atomic mass is 9.99. The van der Waals surface area contributed by atoms with Crippen LogP contribution in [-0.4, -0.2) is 31.1 Å². The quantitative estimate of drug-likeness (QED) is 0.856. The van der Waals surface area contributed by atoms with Gasteiger partial charge in [-0.3, -0.25) is 0 Å². The first kappa shape index (κ1) is 13.4. The highest BCUT2D eigenvalue weighted by atomic mass is 15.1. The van der Waals surface area contributed by atoms with Crippen LogP contribution in [0.25, 0.3) is 0 Å². The monoisotopic (exact) mass is 246 g/mol. The molecule has 1 heterocycles. The number of anilines is 1. The van der Waals surface area contributed by atoms with E-state index in [1.165, 1.54) is 43.7 Å². The predicted octanol–water partition coefficient (Wildman–Crippen LogP) is 3.39. The number of likely N-dealkylation sites (tertiary alicyclic amines) is 1. The molecule has 0 spiro atoms. The van der Waals surface area contributed by atoms with Crippen LogP contribution in [0.4, 0.5) is 5.69 Å². The lowest BCUT2D eigenvalue weighted by molar-refractivity contribution is 0.199. The fourth-order valence-electron chi connectivity index (χ4n) is 2.50. The molecule has 100 valence electrons. The molecule has 18 heavy (non-hydrogen) atoms. The van der Waals surface area contributed by atoms with Crippen molar-refractivity contribution in [3.63, 3.8) is 0 Å². The second-order valence-corrected chi connectivity index (χ2v) is 5.50. The smallest absolute Gasteiger partial charge is 0.0340 e. The van der Waals surface area contributed by atoms with E-state index in [0.717, 1.165) is 18.9 Å². The first-order valence-corrected chi connectivity index (χ1v) is 7.33. The summed E-state index contributed by atoms with van der Waals surface area (Å²) in [6.45, 7) is 9.34. The first-order valence-electron chi connectivity index (χ1n) is 7.33. The molecule has 1 N–H and O–H groups in total. The van der Waals surface area contributed by atoms with Crippen molar-refractivity contribution in [3.05, 3.63) is 29.8 Å². The fraction of sp³-hybridized carbons (Fsp3) is 0.625. The summed E-state index contributed by atoms with van der Waals surface area (Å²) in [5.74, 6) is 0.927. The second kappa shape index (κ2) is 6.79. The van der Waals surface area contributed by atoms with Gasteiger partial charge >= 0.3 is 0 Å². The van der Waals surface area contributed by atoms with Crippen LogP contribution in [0, 0.1) is 5.92 Å². The maximum Gasteiger partial charge on any atom is 0.0340 e. The molecule has 2 nitrogen and oxygen atoms in total. The van der Waals surface area contributed by atoms with Crippen LogP contribution >= 0.6 is 0 Å². The van der Waals surface area contributed by atoms with E-state index in [9.17, 15) is 0 Å². The van der Waals surface area contributed by atoms with Gasteiger partial charge in [0.05, 0.1) is 0 Å². The normalized spacial score (nSPS) is 17.9. The van der Waals surface area contributed by atoms with Crippen molar-refractivity contribution in [2.24, 2.45) is 5.92 Å². The van der Waals surface area contributed by atoms with E-state index < -0.39 is 0 Å². The summed E-state index contributed by atoms with van der Waals surface area (Å²) in [4.78, 5) is 2.58. The fourth-order valence-corrected chi connectivity index (χ4v) is 2.50. The Morgan fingerprint density at radius 1 is 1.17 bits per heavy atom. The zero-order valence-corrected chi connectivity index (χ0v) is 11.8. The highest BCUT2D eigenvalue weighted by Crippen LogP contribution is 2.15. The summed E-state index contributed by atoms with van der Waals surface area (Å²) < 4.78 is 0. The third-order valence-electron chi connectivity index (χ3n) is 4.00. The Balaban J connectivity index is 1.68. The van der Waals surface area contributed by atoms with Gasteiger partial charge in [-0.1, -0.05) is 26.0 Å². The largest absolute Gasteiger partial charge is 0.384 e. The Hall–Kier alpha value is -1.02. The molecule has 0 bridgehead atoms. The van der Waals surface area contributed by atoms with Crippen molar-refractivity contribution in [3.8, 4) is 0 Å². The summed E-state index contributed by atoms with van der Waals surface area (Å²) in [6, 6.07) is 8.81. The molecule has 1 saturated heterocycles. The van der Waals surface area contributed by atoms with Crippen molar-refractivity contribution in [2.45, 2.75) is 33.1 Å². The van der Waals surface area contributed by atoms with Crippen LogP contribution in [0.1, 0.15) is 32.3 Å². The maximum absolute atomic E-state index is 3.51. The molecule has 0 aromatic heterocycles. The van der Waals surface area contributed by atoms with Crippen LogP contribution in [0.5, 0.6) is 0 Å². The van der Waals surface area contributed by atoms with Crippen LogP contribution in [0.2, 0.25) is 0 Å². The minimum atomic E-state index is 0.927. The lowest BCUT2D eigenvalue weighted by Crippen LogP contribution is -2.36. The number of nitrogens with zero attached hydrogens (tertiary/aromatic N) is 1. The van der Waals surface area contributed by atoms with Crippen molar-refractivity contribution >= 4 is 5.69 Å². The molecule has 1 aromatic rings. The third-order valence-corrected chi connectivity index (χ3v) is 4.00. The Morgan fingerprint density at radius 3 is 2.44 bits per heavy atom. The Bertz CT molecular complexity index is 337. The zero-order valence-electron chi connectivity index (χ0n) is 11.8. The molecule has 0 aliphatic carbocycles. The molecule has 2 heteroatoms. The van der Waals surface area contributed by atoms with E-state index >= 15 is 0 Å². The highest BCUT2D eigenvalue weighted by molar-refractivity contribution is 5.44. The van der Waals surface area contributed by atoms with Crippen molar-refractivity contribution in [1.29, 1.82) is 0 Å². The number of piperidine rings is 1. The Labute approximate surface area is 111 Å². The van der Waals surface area contributed by atoms with Gasteiger partial charge in [0.2, 0.25) is 0 Å². The van der Waals surface area contributed by atoms with Crippen molar-refractivity contribution in [2.75, 3.05) is 31.5 Å². The SMILES string of the molecule is CCc1ccc(NCCN2CCC(C)CC2)cc1. The summed E-state index contributed by atoms with van der Waals surface area (Å²) in [6.07, 6.45) is 3.85. The topological polar surface area (TPSA) is 15.3 Å². The van der Waals surface area contributed by atoms with Gasteiger partial charge in [0.15, 0.2) is 0 Å².